The zero-order chi connectivity index (χ0) is 22.5. The molecule has 2 amide bonds. The fraction of sp³-hybridized carbons (Fsp3) is 0.280. The van der Waals surface area contributed by atoms with Crippen LogP contribution in [0.2, 0.25) is 0 Å². The van der Waals surface area contributed by atoms with Crippen LogP contribution >= 0.6 is 0 Å². The fourth-order valence-corrected chi connectivity index (χ4v) is 3.77. The fourth-order valence-electron chi connectivity index (χ4n) is 3.77. The molecule has 1 aliphatic rings. The van der Waals surface area contributed by atoms with Crippen LogP contribution in [0, 0.1) is 5.82 Å². The Bertz CT molecular complexity index is 1060. The summed E-state index contributed by atoms with van der Waals surface area (Å²) in [6.45, 7) is 3.44. The lowest BCUT2D eigenvalue weighted by atomic mass is 10.1. The first kappa shape index (κ1) is 21.8. The van der Waals surface area contributed by atoms with Crippen LogP contribution in [0.15, 0.2) is 71.3 Å². The van der Waals surface area contributed by atoms with Gasteiger partial charge < -0.3 is 19.1 Å². The normalized spacial score (nSPS) is 14.4. The summed E-state index contributed by atoms with van der Waals surface area (Å²) < 4.78 is 19.0. The van der Waals surface area contributed by atoms with Crippen LogP contribution in [-0.2, 0) is 17.8 Å². The highest BCUT2D eigenvalue weighted by Gasteiger charge is 2.22. The summed E-state index contributed by atoms with van der Waals surface area (Å²) in [6.07, 6.45) is 1.76. The Morgan fingerprint density at radius 2 is 1.72 bits per heavy atom. The Morgan fingerprint density at radius 1 is 0.969 bits per heavy atom. The van der Waals surface area contributed by atoms with E-state index in [0.717, 1.165) is 31.7 Å². The standard InChI is InChI=1S/C25H26FN3O3/c1-27-11-13-28(14-12-27)24(30)17-19-7-9-22(10-8-19)29(25(31)23-6-3-15-32-23)18-20-4-2-5-21(26)16-20/h2-10,15-16H,11-14,17-18H2,1H3. The number of amides is 2. The number of nitrogens with zero attached hydrogens (tertiary/aromatic N) is 3. The third-order valence-corrected chi connectivity index (χ3v) is 5.67. The molecule has 4 rings (SSSR count). The highest BCUT2D eigenvalue weighted by Crippen LogP contribution is 2.22. The Kier molecular flexibility index (Phi) is 6.66. The summed E-state index contributed by atoms with van der Waals surface area (Å²) in [5.74, 6) is -0.365. The Hall–Kier alpha value is -3.45. The van der Waals surface area contributed by atoms with Gasteiger partial charge in [0.25, 0.3) is 5.91 Å². The first-order valence-electron chi connectivity index (χ1n) is 10.6. The molecule has 0 aliphatic carbocycles. The van der Waals surface area contributed by atoms with Gasteiger partial charge in [-0.2, -0.15) is 0 Å². The van der Waals surface area contributed by atoms with Crippen LogP contribution in [0.1, 0.15) is 21.7 Å². The third kappa shape index (κ3) is 5.23. The number of furan rings is 1. The van der Waals surface area contributed by atoms with Gasteiger partial charge in [0.1, 0.15) is 5.82 Å². The summed E-state index contributed by atoms with van der Waals surface area (Å²) >= 11 is 0. The molecule has 0 spiro atoms. The van der Waals surface area contributed by atoms with E-state index in [1.807, 2.05) is 29.2 Å². The molecule has 3 aromatic rings. The monoisotopic (exact) mass is 435 g/mol. The molecule has 0 radical (unpaired) electrons. The Balaban J connectivity index is 1.51. The van der Waals surface area contributed by atoms with E-state index in [-0.39, 0.29) is 29.9 Å². The number of carbonyl (C=O) groups excluding carboxylic acids is 2. The molecule has 0 unspecified atom stereocenters. The maximum Gasteiger partial charge on any atom is 0.294 e. The van der Waals surface area contributed by atoms with E-state index < -0.39 is 0 Å². The number of anilines is 1. The molecule has 32 heavy (non-hydrogen) atoms. The van der Waals surface area contributed by atoms with Crippen LogP contribution < -0.4 is 4.90 Å². The van der Waals surface area contributed by atoms with E-state index in [1.165, 1.54) is 18.4 Å². The average molecular weight is 435 g/mol. The lowest BCUT2D eigenvalue weighted by Gasteiger charge is -2.32. The van der Waals surface area contributed by atoms with Gasteiger partial charge >= 0.3 is 0 Å². The summed E-state index contributed by atoms with van der Waals surface area (Å²) in [5.41, 5.74) is 2.19. The lowest BCUT2D eigenvalue weighted by Crippen LogP contribution is -2.47. The van der Waals surface area contributed by atoms with Crippen molar-refractivity contribution >= 4 is 17.5 Å². The van der Waals surface area contributed by atoms with E-state index >= 15 is 0 Å². The quantitative estimate of drug-likeness (QED) is 0.594. The number of halogens is 1. The molecule has 7 heteroatoms. The van der Waals surface area contributed by atoms with Gasteiger partial charge in [-0.15, -0.1) is 0 Å². The molecule has 1 aromatic heterocycles. The predicted octanol–water partition coefficient (Wildman–Crippen LogP) is 3.58. The summed E-state index contributed by atoms with van der Waals surface area (Å²) in [7, 11) is 2.06. The first-order chi connectivity index (χ1) is 15.5. The zero-order valence-electron chi connectivity index (χ0n) is 18.0. The highest BCUT2D eigenvalue weighted by atomic mass is 19.1. The molecular formula is C25H26FN3O3. The predicted molar refractivity (Wildman–Crippen MR) is 120 cm³/mol. The number of piperazine rings is 1. The van der Waals surface area contributed by atoms with Gasteiger partial charge in [0.15, 0.2) is 5.76 Å². The smallest absolute Gasteiger partial charge is 0.294 e. The highest BCUT2D eigenvalue weighted by molar-refractivity contribution is 6.04. The number of rotatable bonds is 6. The third-order valence-electron chi connectivity index (χ3n) is 5.67. The van der Waals surface area contributed by atoms with Crippen LogP contribution in [0.25, 0.3) is 0 Å². The van der Waals surface area contributed by atoms with E-state index in [2.05, 4.69) is 11.9 Å². The van der Waals surface area contributed by atoms with Crippen molar-refractivity contribution in [2.45, 2.75) is 13.0 Å². The number of likely N-dealkylation sites (N-methyl/N-ethyl adjacent to an activating group) is 1. The van der Waals surface area contributed by atoms with Crippen LogP contribution in [0.4, 0.5) is 10.1 Å². The summed E-state index contributed by atoms with van der Waals surface area (Å²) in [6, 6.07) is 16.8. The Labute approximate surface area is 186 Å². The minimum atomic E-state index is -0.356. The number of carbonyl (C=O) groups is 2. The molecule has 0 saturated carbocycles. The average Bonchev–Trinajstić information content (AvgIpc) is 3.33. The van der Waals surface area contributed by atoms with E-state index in [1.54, 1.807) is 29.2 Å². The maximum absolute atomic E-state index is 13.7. The topological polar surface area (TPSA) is 57.0 Å². The first-order valence-corrected chi connectivity index (χ1v) is 10.6. The van der Waals surface area contributed by atoms with E-state index in [9.17, 15) is 14.0 Å². The van der Waals surface area contributed by atoms with E-state index in [0.29, 0.717) is 17.7 Å². The van der Waals surface area contributed by atoms with Crippen LogP contribution in [0.3, 0.4) is 0 Å². The van der Waals surface area contributed by atoms with Crippen molar-refractivity contribution < 1.29 is 18.4 Å². The van der Waals surface area contributed by atoms with Gasteiger partial charge in [0.2, 0.25) is 5.91 Å². The molecule has 6 nitrogen and oxygen atoms in total. The molecular weight excluding hydrogens is 409 g/mol. The number of benzene rings is 2. The van der Waals surface area contributed by atoms with Crippen LogP contribution in [-0.4, -0.2) is 54.8 Å². The molecule has 2 aromatic carbocycles. The van der Waals surface area contributed by atoms with Crippen molar-refractivity contribution in [3.8, 4) is 0 Å². The molecule has 0 atom stereocenters. The van der Waals surface area contributed by atoms with Gasteiger partial charge in [0, 0.05) is 31.9 Å². The molecule has 1 aliphatic heterocycles. The van der Waals surface area contributed by atoms with Crippen molar-refractivity contribution in [1.29, 1.82) is 0 Å². The Morgan fingerprint density at radius 3 is 2.38 bits per heavy atom. The molecule has 0 N–H and O–H groups in total. The summed E-state index contributed by atoms with van der Waals surface area (Å²) in [5, 5.41) is 0. The van der Waals surface area contributed by atoms with Gasteiger partial charge in [-0.25, -0.2) is 4.39 Å². The van der Waals surface area contributed by atoms with Gasteiger partial charge in [-0.05, 0) is 54.6 Å². The zero-order valence-corrected chi connectivity index (χ0v) is 18.0. The summed E-state index contributed by atoms with van der Waals surface area (Å²) in [4.78, 5) is 31.3. The molecule has 0 bridgehead atoms. The molecule has 2 heterocycles. The van der Waals surface area contributed by atoms with Gasteiger partial charge in [-0.3, -0.25) is 9.59 Å². The van der Waals surface area contributed by atoms with Crippen molar-refractivity contribution in [3.05, 3.63) is 89.6 Å². The van der Waals surface area contributed by atoms with Crippen molar-refractivity contribution in [2.24, 2.45) is 0 Å². The molecule has 166 valence electrons. The largest absolute Gasteiger partial charge is 0.459 e. The second kappa shape index (κ2) is 9.78. The van der Waals surface area contributed by atoms with E-state index in [4.69, 9.17) is 4.42 Å². The number of hydrogen-bond acceptors (Lipinski definition) is 4. The van der Waals surface area contributed by atoms with Crippen LogP contribution in [0.5, 0.6) is 0 Å². The lowest BCUT2D eigenvalue weighted by molar-refractivity contribution is -0.132. The minimum Gasteiger partial charge on any atom is -0.459 e. The maximum atomic E-state index is 13.7. The number of hydrogen-bond donors (Lipinski definition) is 0. The SMILES string of the molecule is CN1CCN(C(=O)Cc2ccc(N(Cc3cccc(F)c3)C(=O)c3ccco3)cc2)CC1. The van der Waals surface area contributed by atoms with Crippen molar-refractivity contribution in [2.75, 3.05) is 38.1 Å². The van der Waals surface area contributed by atoms with Gasteiger partial charge in [-0.1, -0.05) is 24.3 Å². The molecule has 1 saturated heterocycles. The molecule has 1 fully saturated rings. The second-order valence-corrected chi connectivity index (χ2v) is 8.03. The van der Waals surface area contributed by atoms with Crippen molar-refractivity contribution in [3.63, 3.8) is 0 Å². The second-order valence-electron chi connectivity index (χ2n) is 8.03. The van der Waals surface area contributed by atoms with Gasteiger partial charge in [0.05, 0.1) is 19.2 Å². The minimum absolute atomic E-state index is 0.106. The van der Waals surface area contributed by atoms with Crippen molar-refractivity contribution in [1.82, 2.24) is 9.80 Å².